The molecule has 2 aromatic heterocycles. The molecule has 2 aromatic carbocycles. The number of aromatic nitrogens is 5. The Morgan fingerprint density at radius 3 is 2.62 bits per heavy atom. The number of para-hydroxylation sites is 1. The number of nitrogens with one attached hydrogen (secondary N) is 1. The summed E-state index contributed by atoms with van der Waals surface area (Å²) < 4.78 is 1.89. The fourth-order valence-corrected chi connectivity index (χ4v) is 4.72. The molecule has 2 N–H and O–H groups in total. The van der Waals surface area contributed by atoms with Crippen LogP contribution in [0.3, 0.4) is 0 Å². The Balaban J connectivity index is 1.66. The van der Waals surface area contributed by atoms with E-state index in [2.05, 4.69) is 52.7 Å². The fraction of sp³-hybridized carbons (Fsp3) is 0.360. The van der Waals surface area contributed by atoms with Crippen LogP contribution in [0.15, 0.2) is 54.7 Å². The Morgan fingerprint density at radius 1 is 1.06 bits per heavy atom. The maximum atomic E-state index is 12.2. The zero-order valence-corrected chi connectivity index (χ0v) is 18.5. The summed E-state index contributed by atoms with van der Waals surface area (Å²) in [7, 11) is 0. The quantitative estimate of drug-likeness (QED) is 0.352. The number of carboxylic acid groups (broad SMARTS) is 1. The molecule has 0 fully saturated rings. The zero-order valence-electron chi connectivity index (χ0n) is 18.5. The minimum atomic E-state index is -0.803. The molecule has 2 unspecified atom stereocenters. The summed E-state index contributed by atoms with van der Waals surface area (Å²) in [5.41, 5.74) is 4.33. The van der Waals surface area contributed by atoms with E-state index in [4.69, 9.17) is 0 Å². The van der Waals surface area contributed by atoms with E-state index in [0.717, 1.165) is 42.1 Å². The number of nitrogens with zero attached hydrogens (tertiary/aromatic N) is 4. The molecule has 32 heavy (non-hydrogen) atoms. The number of H-pyrrole nitrogens is 1. The van der Waals surface area contributed by atoms with Crippen LogP contribution in [-0.2, 0) is 11.2 Å². The average Bonchev–Trinajstić information content (AvgIpc) is 3.48. The third kappa shape index (κ3) is 4.28. The largest absolute Gasteiger partial charge is 0.480 e. The predicted octanol–water partition coefficient (Wildman–Crippen LogP) is 5.37. The van der Waals surface area contributed by atoms with Crippen LogP contribution < -0.4 is 0 Å². The molecule has 7 nitrogen and oxygen atoms in total. The lowest BCUT2D eigenvalue weighted by Gasteiger charge is -2.23. The van der Waals surface area contributed by atoms with Crippen molar-refractivity contribution in [2.45, 2.75) is 57.9 Å². The molecule has 2 atom stereocenters. The van der Waals surface area contributed by atoms with Gasteiger partial charge < -0.3 is 9.67 Å². The summed E-state index contributed by atoms with van der Waals surface area (Å²) in [6.07, 6.45) is 6.04. The van der Waals surface area contributed by atoms with E-state index in [-0.39, 0.29) is 5.92 Å². The van der Waals surface area contributed by atoms with Crippen molar-refractivity contribution >= 4 is 16.9 Å². The molecule has 4 aromatic rings. The highest BCUT2D eigenvalue weighted by atomic mass is 16.4. The third-order valence-corrected chi connectivity index (χ3v) is 6.25. The van der Waals surface area contributed by atoms with Crippen molar-refractivity contribution in [3.05, 3.63) is 65.9 Å². The van der Waals surface area contributed by atoms with E-state index in [1.165, 1.54) is 11.1 Å². The Bertz CT molecular complexity index is 1180. The van der Waals surface area contributed by atoms with Crippen molar-refractivity contribution in [2.24, 2.45) is 0 Å². The van der Waals surface area contributed by atoms with Crippen LogP contribution in [0.1, 0.15) is 62.6 Å². The molecule has 4 rings (SSSR count). The number of carbonyl (C=O) groups is 1. The van der Waals surface area contributed by atoms with Crippen LogP contribution in [-0.4, -0.2) is 36.3 Å². The van der Waals surface area contributed by atoms with Crippen LogP contribution >= 0.6 is 0 Å². The molecule has 0 aliphatic heterocycles. The molecule has 0 aliphatic carbocycles. The normalized spacial score (nSPS) is 13.3. The van der Waals surface area contributed by atoms with Crippen LogP contribution in [0.2, 0.25) is 0 Å². The molecule has 0 aliphatic rings. The first-order chi connectivity index (χ1) is 15.6. The lowest BCUT2D eigenvalue weighted by atomic mass is 9.83. The number of rotatable bonds is 10. The van der Waals surface area contributed by atoms with Crippen LogP contribution in [0.4, 0.5) is 0 Å². The van der Waals surface area contributed by atoms with Gasteiger partial charge in [-0.25, -0.2) is 4.79 Å². The standard InChI is InChI=1S/C25H29N5O2/c1-3-8-18(20-11-7-10-17(4-2)23(20)24-26-28-29-27-24)13-14-22(25(31)32)30-16-15-19-9-5-6-12-21(19)30/h5-7,9-12,15-16,18,22H,3-4,8,13-14H2,1-2H3,(H,31,32)(H,26,27,28,29). The van der Waals surface area contributed by atoms with Gasteiger partial charge in [-0.15, -0.1) is 10.2 Å². The molecule has 0 saturated carbocycles. The average molecular weight is 432 g/mol. The number of benzene rings is 2. The van der Waals surface area contributed by atoms with Crippen molar-refractivity contribution in [1.82, 2.24) is 25.2 Å². The van der Waals surface area contributed by atoms with E-state index < -0.39 is 12.0 Å². The third-order valence-electron chi connectivity index (χ3n) is 6.25. The van der Waals surface area contributed by atoms with Crippen molar-refractivity contribution < 1.29 is 9.90 Å². The maximum absolute atomic E-state index is 12.2. The van der Waals surface area contributed by atoms with Crippen molar-refractivity contribution in [1.29, 1.82) is 0 Å². The second-order valence-electron chi connectivity index (χ2n) is 8.17. The first-order valence-electron chi connectivity index (χ1n) is 11.3. The zero-order chi connectivity index (χ0) is 22.5. The van der Waals surface area contributed by atoms with Gasteiger partial charge in [0.15, 0.2) is 0 Å². The monoisotopic (exact) mass is 431 g/mol. The first-order valence-corrected chi connectivity index (χ1v) is 11.3. The topological polar surface area (TPSA) is 96.7 Å². The molecular formula is C25H29N5O2. The minimum absolute atomic E-state index is 0.212. The number of tetrazole rings is 1. The SMILES string of the molecule is CCCC(CCC(C(=O)O)n1ccc2ccccc21)c1cccc(CC)c1-c1nn[nH]n1. The molecule has 2 heterocycles. The van der Waals surface area contributed by atoms with Crippen LogP contribution in [0.25, 0.3) is 22.3 Å². The Labute approximate surface area is 187 Å². The molecule has 0 spiro atoms. The highest BCUT2D eigenvalue weighted by molar-refractivity contribution is 5.83. The van der Waals surface area contributed by atoms with Gasteiger partial charge in [0.1, 0.15) is 6.04 Å². The van der Waals surface area contributed by atoms with Crippen molar-refractivity contribution in [3.63, 3.8) is 0 Å². The van der Waals surface area contributed by atoms with E-state index >= 15 is 0 Å². The number of aromatic amines is 1. The maximum Gasteiger partial charge on any atom is 0.326 e. The summed E-state index contributed by atoms with van der Waals surface area (Å²) >= 11 is 0. The number of aryl methyl sites for hydroxylation is 1. The van der Waals surface area contributed by atoms with Gasteiger partial charge >= 0.3 is 5.97 Å². The van der Waals surface area contributed by atoms with E-state index in [1.54, 1.807) is 0 Å². The van der Waals surface area contributed by atoms with Gasteiger partial charge in [0.2, 0.25) is 5.82 Å². The second-order valence-corrected chi connectivity index (χ2v) is 8.17. The van der Waals surface area contributed by atoms with Gasteiger partial charge in [-0.05, 0) is 65.5 Å². The number of aliphatic carboxylic acids is 1. The summed E-state index contributed by atoms with van der Waals surface area (Å²) in [4.78, 5) is 12.2. The van der Waals surface area contributed by atoms with E-state index in [1.807, 2.05) is 41.1 Å². The molecule has 7 heteroatoms. The first kappa shape index (κ1) is 21.7. The second kappa shape index (κ2) is 9.77. The minimum Gasteiger partial charge on any atom is -0.480 e. The molecule has 0 amide bonds. The Morgan fingerprint density at radius 2 is 1.91 bits per heavy atom. The Kier molecular flexibility index (Phi) is 6.63. The van der Waals surface area contributed by atoms with E-state index in [9.17, 15) is 9.90 Å². The predicted molar refractivity (Wildman–Crippen MR) is 124 cm³/mol. The van der Waals surface area contributed by atoms with Gasteiger partial charge in [0.25, 0.3) is 0 Å². The lowest BCUT2D eigenvalue weighted by Crippen LogP contribution is -2.19. The number of hydrogen-bond donors (Lipinski definition) is 2. The van der Waals surface area contributed by atoms with Crippen molar-refractivity contribution in [3.8, 4) is 11.4 Å². The summed E-state index contributed by atoms with van der Waals surface area (Å²) in [5, 5.41) is 25.9. The molecule has 166 valence electrons. The van der Waals surface area contributed by atoms with Crippen LogP contribution in [0.5, 0.6) is 0 Å². The van der Waals surface area contributed by atoms with Gasteiger partial charge in [-0.1, -0.05) is 56.7 Å². The molecule has 0 radical (unpaired) electrons. The van der Waals surface area contributed by atoms with Gasteiger partial charge in [-0.2, -0.15) is 5.21 Å². The van der Waals surface area contributed by atoms with Gasteiger partial charge in [0, 0.05) is 17.3 Å². The highest BCUT2D eigenvalue weighted by Gasteiger charge is 2.25. The van der Waals surface area contributed by atoms with Gasteiger partial charge in [-0.3, -0.25) is 0 Å². The summed E-state index contributed by atoms with van der Waals surface area (Å²) in [6.45, 7) is 4.29. The lowest BCUT2D eigenvalue weighted by molar-refractivity contribution is -0.141. The summed E-state index contributed by atoms with van der Waals surface area (Å²) in [5.74, 6) is 0.00993. The highest BCUT2D eigenvalue weighted by Crippen LogP contribution is 2.37. The number of hydrogen-bond acceptors (Lipinski definition) is 4. The molecular weight excluding hydrogens is 402 g/mol. The number of fused-ring (bicyclic) bond motifs is 1. The fourth-order valence-electron chi connectivity index (χ4n) is 4.72. The Hall–Kier alpha value is -3.48. The molecule has 0 saturated heterocycles. The summed E-state index contributed by atoms with van der Waals surface area (Å²) in [6, 6.07) is 15.6. The number of carboxylic acids is 1. The smallest absolute Gasteiger partial charge is 0.326 e. The van der Waals surface area contributed by atoms with Gasteiger partial charge in [0.05, 0.1) is 0 Å². The molecule has 0 bridgehead atoms. The van der Waals surface area contributed by atoms with E-state index in [0.29, 0.717) is 12.2 Å². The van der Waals surface area contributed by atoms with Crippen molar-refractivity contribution in [2.75, 3.05) is 0 Å². The van der Waals surface area contributed by atoms with Crippen LogP contribution in [0, 0.1) is 0 Å².